The van der Waals surface area contributed by atoms with E-state index in [2.05, 4.69) is 5.10 Å². The molecule has 0 spiro atoms. The Kier molecular flexibility index (Phi) is 3.32. The van der Waals surface area contributed by atoms with Crippen molar-refractivity contribution in [3.63, 3.8) is 0 Å². The molecular weight excluding hydrogens is 262 g/mol. The zero-order valence-electron chi connectivity index (χ0n) is 11.1. The van der Waals surface area contributed by atoms with Crippen LogP contribution in [0, 0.1) is 11.3 Å². The molecule has 0 N–H and O–H groups in total. The molecule has 21 heavy (non-hydrogen) atoms. The summed E-state index contributed by atoms with van der Waals surface area (Å²) in [5.41, 5.74) is 1.79. The predicted molar refractivity (Wildman–Crippen MR) is 78.2 cm³/mol. The van der Waals surface area contributed by atoms with E-state index in [1.54, 1.807) is 35.1 Å². The summed E-state index contributed by atoms with van der Waals surface area (Å²) < 4.78 is 1.55. The van der Waals surface area contributed by atoms with E-state index in [0.29, 0.717) is 11.1 Å². The van der Waals surface area contributed by atoms with Crippen molar-refractivity contribution in [1.29, 1.82) is 5.26 Å². The Hall–Kier alpha value is -3.19. The summed E-state index contributed by atoms with van der Waals surface area (Å²) in [4.78, 5) is 12.5. The summed E-state index contributed by atoms with van der Waals surface area (Å²) in [7, 11) is 0. The Morgan fingerprint density at radius 1 is 1.00 bits per heavy atom. The molecular formula is C17H11N3O. The van der Waals surface area contributed by atoms with Crippen molar-refractivity contribution in [2.75, 3.05) is 0 Å². The van der Waals surface area contributed by atoms with Crippen molar-refractivity contribution in [2.24, 2.45) is 0 Å². The summed E-state index contributed by atoms with van der Waals surface area (Å²) >= 11 is 0. The Morgan fingerprint density at radius 2 is 1.62 bits per heavy atom. The largest absolute Gasteiger partial charge is 0.288 e. The third-order valence-electron chi connectivity index (χ3n) is 3.12. The summed E-state index contributed by atoms with van der Waals surface area (Å²) in [5.74, 6) is -0.200. The highest BCUT2D eigenvalue weighted by Gasteiger charge is 2.18. The summed E-state index contributed by atoms with van der Waals surface area (Å²) in [6, 6.07) is 20.2. The molecule has 0 amide bonds. The van der Waals surface area contributed by atoms with Gasteiger partial charge in [-0.15, -0.1) is 0 Å². The van der Waals surface area contributed by atoms with Gasteiger partial charge in [-0.25, -0.2) is 4.68 Å². The first-order valence-corrected chi connectivity index (χ1v) is 6.44. The van der Waals surface area contributed by atoms with Crippen molar-refractivity contribution in [2.45, 2.75) is 0 Å². The van der Waals surface area contributed by atoms with Crippen LogP contribution in [-0.4, -0.2) is 15.6 Å². The fourth-order valence-electron chi connectivity index (χ4n) is 2.08. The lowest BCUT2D eigenvalue weighted by molar-refractivity contribution is 0.103. The third kappa shape index (κ3) is 2.45. The molecule has 4 nitrogen and oxygen atoms in total. The van der Waals surface area contributed by atoms with Crippen molar-refractivity contribution in [3.8, 4) is 11.8 Å². The topological polar surface area (TPSA) is 58.7 Å². The molecule has 0 saturated carbocycles. The molecule has 100 valence electrons. The van der Waals surface area contributed by atoms with Gasteiger partial charge in [0.05, 0.1) is 11.3 Å². The van der Waals surface area contributed by atoms with Gasteiger partial charge in [0.2, 0.25) is 0 Å². The van der Waals surface area contributed by atoms with Gasteiger partial charge >= 0.3 is 0 Å². The van der Waals surface area contributed by atoms with Crippen LogP contribution in [0.2, 0.25) is 0 Å². The Morgan fingerprint density at radius 3 is 2.24 bits per heavy atom. The molecule has 3 aromatic rings. The van der Waals surface area contributed by atoms with Gasteiger partial charge in [-0.2, -0.15) is 10.4 Å². The van der Waals surface area contributed by atoms with Crippen LogP contribution in [0.25, 0.3) is 5.69 Å². The highest BCUT2D eigenvalue weighted by molar-refractivity contribution is 6.10. The van der Waals surface area contributed by atoms with Crippen LogP contribution >= 0.6 is 0 Å². The molecule has 0 saturated heterocycles. The first-order valence-electron chi connectivity index (χ1n) is 6.44. The number of para-hydroxylation sites is 1. The predicted octanol–water partition coefficient (Wildman–Crippen LogP) is 2.97. The first-order chi connectivity index (χ1) is 10.3. The molecule has 0 unspecified atom stereocenters. The second kappa shape index (κ2) is 5.43. The van der Waals surface area contributed by atoms with Crippen LogP contribution in [0.15, 0.2) is 66.9 Å². The van der Waals surface area contributed by atoms with E-state index in [1.165, 1.54) is 0 Å². The molecule has 0 atom stereocenters. The maximum Gasteiger partial charge on any atom is 0.197 e. The van der Waals surface area contributed by atoms with Gasteiger partial charge in [0.1, 0.15) is 6.07 Å². The average molecular weight is 273 g/mol. The molecule has 2 aromatic carbocycles. The van der Waals surface area contributed by atoms with E-state index >= 15 is 0 Å². The second-order valence-electron chi connectivity index (χ2n) is 4.48. The zero-order chi connectivity index (χ0) is 14.7. The van der Waals surface area contributed by atoms with Gasteiger partial charge in [0.25, 0.3) is 0 Å². The van der Waals surface area contributed by atoms with Gasteiger partial charge < -0.3 is 0 Å². The molecule has 4 heteroatoms. The minimum Gasteiger partial charge on any atom is -0.288 e. The van der Waals surface area contributed by atoms with E-state index < -0.39 is 0 Å². The minimum absolute atomic E-state index is 0.132. The molecule has 0 aliphatic heterocycles. The lowest BCUT2D eigenvalue weighted by Crippen LogP contribution is -2.01. The molecule has 0 aliphatic rings. The van der Waals surface area contributed by atoms with Gasteiger partial charge in [-0.1, -0.05) is 48.5 Å². The van der Waals surface area contributed by atoms with Crippen molar-refractivity contribution < 1.29 is 4.79 Å². The quantitative estimate of drug-likeness (QED) is 0.689. The van der Waals surface area contributed by atoms with Gasteiger partial charge in [-0.05, 0) is 12.1 Å². The fraction of sp³-hybridized carbons (Fsp3) is 0. The lowest BCUT2D eigenvalue weighted by Gasteiger charge is -1.99. The van der Waals surface area contributed by atoms with Gasteiger partial charge in [0.15, 0.2) is 11.5 Å². The van der Waals surface area contributed by atoms with Crippen LogP contribution in [0.1, 0.15) is 21.6 Å². The minimum atomic E-state index is -0.200. The van der Waals surface area contributed by atoms with Crippen LogP contribution in [-0.2, 0) is 0 Å². The maximum atomic E-state index is 12.5. The molecule has 0 bridgehead atoms. The lowest BCUT2D eigenvalue weighted by atomic mass is 10.0. The molecule has 1 heterocycles. The average Bonchev–Trinajstić information content (AvgIpc) is 3.00. The summed E-state index contributed by atoms with van der Waals surface area (Å²) in [6.07, 6.45) is 1.60. The Bertz CT molecular complexity index is 814. The van der Waals surface area contributed by atoms with E-state index in [-0.39, 0.29) is 11.5 Å². The number of carbonyl (C=O) groups excluding carboxylic acids is 1. The number of nitriles is 1. The number of hydrogen-bond acceptors (Lipinski definition) is 3. The van der Waals surface area contributed by atoms with Crippen molar-refractivity contribution in [1.82, 2.24) is 9.78 Å². The SMILES string of the molecule is N#Cc1nn(-c2ccccc2)cc1C(=O)c1ccccc1. The first kappa shape index (κ1) is 12.8. The highest BCUT2D eigenvalue weighted by Crippen LogP contribution is 2.16. The van der Waals surface area contributed by atoms with E-state index in [0.717, 1.165) is 5.69 Å². The summed E-state index contributed by atoms with van der Waals surface area (Å²) in [6.45, 7) is 0. The molecule has 3 rings (SSSR count). The molecule has 1 aromatic heterocycles. The number of aromatic nitrogens is 2. The number of rotatable bonds is 3. The number of benzene rings is 2. The van der Waals surface area contributed by atoms with Crippen LogP contribution in [0.5, 0.6) is 0 Å². The van der Waals surface area contributed by atoms with Crippen LogP contribution in [0.4, 0.5) is 0 Å². The second-order valence-corrected chi connectivity index (χ2v) is 4.48. The van der Waals surface area contributed by atoms with E-state index in [1.807, 2.05) is 42.5 Å². The fourth-order valence-corrected chi connectivity index (χ4v) is 2.08. The smallest absolute Gasteiger partial charge is 0.197 e. The zero-order valence-corrected chi connectivity index (χ0v) is 11.1. The van der Waals surface area contributed by atoms with E-state index in [4.69, 9.17) is 0 Å². The molecule has 0 fully saturated rings. The van der Waals surface area contributed by atoms with Crippen molar-refractivity contribution >= 4 is 5.78 Å². The molecule has 0 aliphatic carbocycles. The van der Waals surface area contributed by atoms with Crippen LogP contribution in [0.3, 0.4) is 0 Å². The van der Waals surface area contributed by atoms with Gasteiger partial charge in [0, 0.05) is 11.8 Å². The molecule has 0 radical (unpaired) electrons. The monoisotopic (exact) mass is 273 g/mol. The summed E-state index contributed by atoms with van der Waals surface area (Å²) in [5, 5.41) is 13.4. The number of carbonyl (C=O) groups is 1. The van der Waals surface area contributed by atoms with E-state index in [9.17, 15) is 10.1 Å². The Labute approximate surface area is 121 Å². The number of nitrogens with zero attached hydrogens (tertiary/aromatic N) is 3. The van der Waals surface area contributed by atoms with Gasteiger partial charge in [-0.3, -0.25) is 4.79 Å². The number of ketones is 1. The number of hydrogen-bond donors (Lipinski definition) is 0. The maximum absolute atomic E-state index is 12.5. The standard InChI is InChI=1S/C17H11N3O/c18-11-16-15(17(21)13-7-3-1-4-8-13)12-20(19-16)14-9-5-2-6-10-14/h1-10,12H. The highest BCUT2D eigenvalue weighted by atomic mass is 16.1. The Balaban J connectivity index is 2.06. The van der Waals surface area contributed by atoms with Crippen molar-refractivity contribution in [3.05, 3.63) is 83.7 Å². The normalized spacial score (nSPS) is 10.0. The third-order valence-corrected chi connectivity index (χ3v) is 3.12. The van der Waals surface area contributed by atoms with Crippen LogP contribution < -0.4 is 0 Å².